The van der Waals surface area contributed by atoms with E-state index in [9.17, 15) is 9.18 Å². The third-order valence-corrected chi connectivity index (χ3v) is 6.98. The van der Waals surface area contributed by atoms with Crippen molar-refractivity contribution in [1.29, 1.82) is 0 Å². The lowest BCUT2D eigenvalue weighted by molar-refractivity contribution is 0.103. The van der Waals surface area contributed by atoms with Crippen molar-refractivity contribution in [2.75, 3.05) is 38.0 Å². The maximum atomic E-state index is 13.4. The van der Waals surface area contributed by atoms with Crippen LogP contribution in [-0.2, 0) is 6.54 Å². The molecule has 1 aromatic heterocycles. The molecule has 1 amide bonds. The zero-order valence-electron chi connectivity index (χ0n) is 16.3. The molecule has 0 radical (unpaired) electrons. The van der Waals surface area contributed by atoms with Crippen molar-refractivity contribution in [3.8, 4) is 0 Å². The second-order valence-corrected chi connectivity index (χ2v) is 8.68. The highest BCUT2D eigenvalue weighted by Gasteiger charge is 2.18. The number of fused-ring (bicyclic) bond motifs is 1. The van der Waals surface area contributed by atoms with Crippen LogP contribution in [-0.4, -0.2) is 48.4 Å². The first-order valence-electron chi connectivity index (χ1n) is 9.76. The molecule has 1 aliphatic rings. The normalized spacial score (nSPS) is 15.7. The first-order valence-corrected chi connectivity index (χ1v) is 11.0. The molecule has 1 N–H and O–H groups in total. The summed E-state index contributed by atoms with van der Waals surface area (Å²) in [5.74, 6) is -0.617. The van der Waals surface area contributed by atoms with Crippen molar-refractivity contribution >= 4 is 44.6 Å². The minimum atomic E-state index is -0.339. The first-order chi connectivity index (χ1) is 14.0. The van der Waals surface area contributed by atoms with Crippen molar-refractivity contribution in [2.24, 2.45) is 0 Å². The van der Waals surface area contributed by atoms with Crippen LogP contribution in [0.25, 0.3) is 10.1 Å². The van der Waals surface area contributed by atoms with Gasteiger partial charge in [-0.15, -0.1) is 11.3 Å². The number of amides is 1. The summed E-state index contributed by atoms with van der Waals surface area (Å²) in [4.78, 5) is 18.0. The Morgan fingerprint density at radius 3 is 2.48 bits per heavy atom. The molecule has 7 heteroatoms. The molecule has 0 spiro atoms. The lowest BCUT2D eigenvalue weighted by Gasteiger charge is -2.34. The van der Waals surface area contributed by atoms with Gasteiger partial charge in [0.25, 0.3) is 5.91 Å². The van der Waals surface area contributed by atoms with Crippen molar-refractivity contribution in [3.05, 3.63) is 63.7 Å². The van der Waals surface area contributed by atoms with E-state index in [2.05, 4.69) is 22.0 Å². The van der Waals surface area contributed by atoms with Gasteiger partial charge in [-0.1, -0.05) is 30.7 Å². The number of piperazine rings is 1. The number of nitrogens with one attached hydrogen (secondary N) is 1. The Bertz CT molecular complexity index is 1010. The van der Waals surface area contributed by atoms with Gasteiger partial charge in [0.15, 0.2) is 0 Å². The van der Waals surface area contributed by atoms with Gasteiger partial charge in [-0.05, 0) is 42.4 Å². The molecule has 1 aliphatic heterocycles. The zero-order chi connectivity index (χ0) is 20.4. The summed E-state index contributed by atoms with van der Waals surface area (Å²) < 4.78 is 14.1. The summed E-state index contributed by atoms with van der Waals surface area (Å²) in [5, 5.41) is 3.95. The minimum Gasteiger partial charge on any atom is -0.321 e. The Balaban J connectivity index is 1.40. The van der Waals surface area contributed by atoms with E-state index >= 15 is 0 Å². The maximum Gasteiger partial charge on any atom is 0.267 e. The summed E-state index contributed by atoms with van der Waals surface area (Å²) in [6.07, 6.45) is 0. The molecule has 2 aromatic carbocycles. The molecule has 1 saturated heterocycles. The first kappa shape index (κ1) is 20.3. The SMILES string of the molecule is CCN1CCN(Cc2ccc(NC(=O)c3sc4cc(F)ccc4c3Cl)cc2)CC1. The number of nitrogens with zero attached hydrogens (tertiary/aromatic N) is 2. The number of likely N-dealkylation sites (N-methyl/N-ethyl adjacent to an activating group) is 1. The Morgan fingerprint density at radius 1 is 1.10 bits per heavy atom. The molecule has 3 aromatic rings. The third kappa shape index (κ3) is 4.61. The molecule has 1 fully saturated rings. The van der Waals surface area contributed by atoms with Crippen LogP contribution in [0.3, 0.4) is 0 Å². The lowest BCUT2D eigenvalue weighted by Crippen LogP contribution is -2.45. The molecule has 0 bridgehead atoms. The molecular formula is C22H23ClFN3OS. The lowest BCUT2D eigenvalue weighted by atomic mass is 10.1. The second kappa shape index (κ2) is 8.79. The fourth-order valence-corrected chi connectivity index (χ4v) is 5.03. The van der Waals surface area contributed by atoms with E-state index in [1.165, 1.54) is 29.0 Å². The van der Waals surface area contributed by atoms with Gasteiger partial charge >= 0.3 is 0 Å². The number of thiophene rings is 1. The fourth-order valence-electron chi connectivity index (χ4n) is 3.59. The van der Waals surface area contributed by atoms with Gasteiger partial charge in [0.1, 0.15) is 10.7 Å². The quantitative estimate of drug-likeness (QED) is 0.611. The summed E-state index contributed by atoms with van der Waals surface area (Å²) >= 11 is 7.54. The highest BCUT2D eigenvalue weighted by molar-refractivity contribution is 7.21. The van der Waals surface area contributed by atoms with Crippen LogP contribution in [0.5, 0.6) is 0 Å². The number of anilines is 1. The van der Waals surface area contributed by atoms with Gasteiger partial charge in [0, 0.05) is 48.5 Å². The number of halogens is 2. The van der Waals surface area contributed by atoms with E-state index in [1.54, 1.807) is 6.07 Å². The highest BCUT2D eigenvalue weighted by Crippen LogP contribution is 2.36. The number of rotatable bonds is 5. The number of carbonyl (C=O) groups excluding carboxylic acids is 1. The smallest absolute Gasteiger partial charge is 0.267 e. The predicted molar refractivity (Wildman–Crippen MR) is 119 cm³/mol. The Labute approximate surface area is 178 Å². The van der Waals surface area contributed by atoms with E-state index in [0.717, 1.165) is 39.3 Å². The second-order valence-electron chi connectivity index (χ2n) is 7.25. The summed E-state index contributed by atoms with van der Waals surface area (Å²) in [7, 11) is 0. The van der Waals surface area contributed by atoms with Crippen LogP contribution in [0.15, 0.2) is 42.5 Å². The Kier molecular flexibility index (Phi) is 6.15. The summed E-state index contributed by atoms with van der Waals surface area (Å²) in [6, 6.07) is 12.3. The van der Waals surface area contributed by atoms with Crippen LogP contribution in [0.4, 0.5) is 10.1 Å². The molecule has 0 atom stereocenters. The zero-order valence-corrected chi connectivity index (χ0v) is 17.8. The van der Waals surface area contributed by atoms with Gasteiger partial charge in [-0.25, -0.2) is 4.39 Å². The van der Waals surface area contributed by atoms with Crippen LogP contribution in [0.2, 0.25) is 5.02 Å². The minimum absolute atomic E-state index is 0.278. The van der Waals surface area contributed by atoms with Crippen LogP contribution in [0.1, 0.15) is 22.2 Å². The van der Waals surface area contributed by atoms with Gasteiger partial charge in [-0.3, -0.25) is 9.69 Å². The fraction of sp³-hybridized carbons (Fsp3) is 0.318. The van der Waals surface area contributed by atoms with Crippen molar-refractivity contribution in [2.45, 2.75) is 13.5 Å². The molecule has 0 saturated carbocycles. The van der Waals surface area contributed by atoms with Crippen molar-refractivity contribution < 1.29 is 9.18 Å². The van der Waals surface area contributed by atoms with Gasteiger partial charge in [-0.2, -0.15) is 0 Å². The molecule has 2 heterocycles. The van der Waals surface area contributed by atoms with Crippen molar-refractivity contribution in [1.82, 2.24) is 9.80 Å². The number of benzene rings is 2. The van der Waals surface area contributed by atoms with Gasteiger partial charge in [0.05, 0.1) is 5.02 Å². The monoisotopic (exact) mass is 431 g/mol. The van der Waals surface area contributed by atoms with Gasteiger partial charge < -0.3 is 10.2 Å². The molecule has 0 unspecified atom stereocenters. The maximum absolute atomic E-state index is 13.4. The summed E-state index contributed by atoms with van der Waals surface area (Å²) in [6.45, 7) is 8.62. The number of hydrogen-bond donors (Lipinski definition) is 1. The van der Waals surface area contributed by atoms with Crippen LogP contribution >= 0.6 is 22.9 Å². The van der Waals surface area contributed by atoms with E-state index in [1.807, 2.05) is 24.3 Å². The molecule has 4 nitrogen and oxygen atoms in total. The largest absolute Gasteiger partial charge is 0.321 e. The molecule has 29 heavy (non-hydrogen) atoms. The number of hydrogen-bond acceptors (Lipinski definition) is 4. The summed E-state index contributed by atoms with van der Waals surface area (Å²) in [5.41, 5.74) is 1.94. The van der Waals surface area contributed by atoms with E-state index in [0.29, 0.717) is 25.7 Å². The topological polar surface area (TPSA) is 35.6 Å². The van der Waals surface area contributed by atoms with Crippen LogP contribution in [0, 0.1) is 5.82 Å². The predicted octanol–water partition coefficient (Wildman–Crippen LogP) is 5.08. The van der Waals surface area contributed by atoms with E-state index in [4.69, 9.17) is 11.6 Å². The van der Waals surface area contributed by atoms with E-state index < -0.39 is 0 Å². The van der Waals surface area contributed by atoms with Crippen LogP contribution < -0.4 is 5.32 Å². The molecule has 4 rings (SSSR count). The Hall–Kier alpha value is -1.99. The van der Waals surface area contributed by atoms with E-state index in [-0.39, 0.29) is 11.7 Å². The van der Waals surface area contributed by atoms with Gasteiger partial charge in [0.2, 0.25) is 0 Å². The molecule has 152 valence electrons. The third-order valence-electron chi connectivity index (χ3n) is 5.33. The molecular weight excluding hydrogens is 409 g/mol. The molecule has 0 aliphatic carbocycles. The average molecular weight is 432 g/mol. The average Bonchev–Trinajstić information content (AvgIpc) is 3.06. The Morgan fingerprint density at radius 2 is 1.79 bits per heavy atom. The standard InChI is InChI=1S/C22H23ClFN3OS/c1-2-26-9-11-27(12-10-26)14-15-3-6-17(7-4-15)25-22(28)21-20(23)18-8-5-16(24)13-19(18)29-21/h3-8,13H,2,9-12,14H2,1H3,(H,25,28). The number of carbonyl (C=O) groups is 1. The highest BCUT2D eigenvalue weighted by atomic mass is 35.5. The van der Waals surface area contributed by atoms with Crippen molar-refractivity contribution in [3.63, 3.8) is 0 Å².